The first-order valence-corrected chi connectivity index (χ1v) is 12.4. The van der Waals surface area contributed by atoms with Gasteiger partial charge in [-0.15, -0.1) is 0 Å². The number of nitriles is 1. The van der Waals surface area contributed by atoms with Gasteiger partial charge in [0.2, 0.25) is 0 Å². The van der Waals surface area contributed by atoms with Gasteiger partial charge in [0, 0.05) is 18.8 Å². The van der Waals surface area contributed by atoms with Crippen LogP contribution >= 0.6 is 11.8 Å². The molecule has 4 rings (SSSR count). The van der Waals surface area contributed by atoms with E-state index in [1.807, 2.05) is 39.0 Å². The van der Waals surface area contributed by atoms with E-state index in [0.29, 0.717) is 40.4 Å². The Balaban J connectivity index is 1.59. The molecule has 1 aliphatic heterocycles. The Kier molecular flexibility index (Phi) is 6.94. The number of thioether (sulfide) groups is 1. The number of rotatable bonds is 4. The number of ether oxygens (including phenoxy) is 1. The van der Waals surface area contributed by atoms with Gasteiger partial charge in [0.05, 0.1) is 28.2 Å². The summed E-state index contributed by atoms with van der Waals surface area (Å²) in [6.07, 6.45) is 1.64. The number of nitrogens with zero attached hydrogens (tertiary/aromatic N) is 4. The van der Waals surface area contributed by atoms with Crippen LogP contribution < -0.4 is 5.56 Å². The molecule has 0 unspecified atom stereocenters. The molecule has 7 nitrogen and oxygen atoms in total. The summed E-state index contributed by atoms with van der Waals surface area (Å²) in [7, 11) is 0. The van der Waals surface area contributed by atoms with Gasteiger partial charge in [0.1, 0.15) is 5.60 Å². The lowest BCUT2D eigenvalue weighted by atomic mass is 10.0. The number of para-hydroxylation sites is 1. The van der Waals surface area contributed by atoms with Crippen LogP contribution in [0.25, 0.3) is 16.6 Å². The molecular weight excluding hydrogens is 448 g/mol. The van der Waals surface area contributed by atoms with Crippen LogP contribution in [0.5, 0.6) is 0 Å². The third-order valence-corrected chi connectivity index (χ3v) is 6.79. The van der Waals surface area contributed by atoms with Crippen LogP contribution in [0, 0.1) is 17.2 Å². The van der Waals surface area contributed by atoms with Crippen molar-refractivity contribution in [3.05, 3.63) is 64.4 Å². The lowest BCUT2D eigenvalue weighted by molar-refractivity contribution is 0.0177. The summed E-state index contributed by atoms with van der Waals surface area (Å²) in [5.41, 5.74) is 1.19. The van der Waals surface area contributed by atoms with Crippen LogP contribution in [0.3, 0.4) is 0 Å². The molecule has 1 saturated heterocycles. The smallest absolute Gasteiger partial charge is 0.410 e. The van der Waals surface area contributed by atoms with E-state index in [1.54, 1.807) is 39.8 Å². The Morgan fingerprint density at radius 1 is 1.21 bits per heavy atom. The van der Waals surface area contributed by atoms with Gasteiger partial charge in [-0.05, 0) is 75.9 Å². The summed E-state index contributed by atoms with van der Waals surface area (Å²) < 4.78 is 7.16. The van der Waals surface area contributed by atoms with Gasteiger partial charge in [0.15, 0.2) is 5.16 Å². The summed E-state index contributed by atoms with van der Waals surface area (Å²) in [5, 5.41) is 10.3. The third-order valence-electron chi connectivity index (χ3n) is 5.62. The van der Waals surface area contributed by atoms with Crippen LogP contribution in [0.15, 0.2) is 58.5 Å². The fourth-order valence-corrected chi connectivity index (χ4v) is 5.14. The highest BCUT2D eigenvalue weighted by Crippen LogP contribution is 2.28. The van der Waals surface area contributed by atoms with Crippen LogP contribution in [0.4, 0.5) is 4.79 Å². The Labute approximate surface area is 203 Å². The van der Waals surface area contributed by atoms with Crippen molar-refractivity contribution >= 4 is 28.8 Å². The first-order valence-electron chi connectivity index (χ1n) is 11.4. The molecular formula is C26H28N4O3S. The monoisotopic (exact) mass is 476 g/mol. The molecule has 0 bridgehead atoms. The van der Waals surface area contributed by atoms with Gasteiger partial charge >= 0.3 is 6.09 Å². The number of piperidine rings is 1. The highest BCUT2D eigenvalue weighted by atomic mass is 32.2. The average Bonchev–Trinajstić information content (AvgIpc) is 2.82. The zero-order chi connectivity index (χ0) is 24.3. The van der Waals surface area contributed by atoms with Crippen molar-refractivity contribution < 1.29 is 9.53 Å². The molecule has 2 aromatic carbocycles. The van der Waals surface area contributed by atoms with E-state index in [1.165, 1.54) is 11.8 Å². The second kappa shape index (κ2) is 9.90. The van der Waals surface area contributed by atoms with Crippen molar-refractivity contribution in [2.75, 3.05) is 18.8 Å². The van der Waals surface area contributed by atoms with Crippen molar-refractivity contribution in [1.29, 1.82) is 5.26 Å². The number of aromatic nitrogens is 2. The number of hydrogen-bond acceptors (Lipinski definition) is 6. The standard InChI is InChI=1S/C26H28N4O3S/c1-26(2,3)33-25(32)29-14-6-7-19(16-29)17-34-24-28-22-9-5-4-8-21(22)23(31)30(24)20-12-10-18(15-27)11-13-20/h4-5,8-13,19H,6-7,14,16-17H2,1-3H3/t19-/m1/s1. The van der Waals surface area contributed by atoms with Gasteiger partial charge in [-0.25, -0.2) is 9.78 Å². The fraction of sp³-hybridized carbons (Fsp3) is 0.385. The molecule has 2 heterocycles. The van der Waals surface area contributed by atoms with Crippen molar-refractivity contribution in [2.45, 2.75) is 44.4 Å². The zero-order valence-electron chi connectivity index (χ0n) is 19.7. The van der Waals surface area contributed by atoms with E-state index in [9.17, 15) is 9.59 Å². The number of hydrogen-bond donors (Lipinski definition) is 0. The van der Waals surface area contributed by atoms with Gasteiger partial charge in [-0.1, -0.05) is 23.9 Å². The SMILES string of the molecule is CC(C)(C)OC(=O)N1CCC[C@@H](CSc2nc3ccccc3c(=O)n2-c2ccc(C#N)cc2)C1. The van der Waals surface area contributed by atoms with E-state index in [0.717, 1.165) is 18.6 Å². The largest absolute Gasteiger partial charge is 0.444 e. The maximum atomic E-state index is 13.4. The Bertz CT molecular complexity index is 1290. The van der Waals surface area contributed by atoms with Crippen LogP contribution in [-0.4, -0.2) is 45.0 Å². The van der Waals surface area contributed by atoms with Crippen LogP contribution in [-0.2, 0) is 4.74 Å². The highest BCUT2D eigenvalue weighted by molar-refractivity contribution is 7.99. The maximum absolute atomic E-state index is 13.4. The van der Waals surface area contributed by atoms with Crippen molar-refractivity contribution in [3.8, 4) is 11.8 Å². The molecule has 1 fully saturated rings. The number of carbonyl (C=O) groups is 1. The van der Waals surface area contributed by atoms with E-state index in [4.69, 9.17) is 15.0 Å². The fourth-order valence-electron chi connectivity index (χ4n) is 4.01. The molecule has 0 spiro atoms. The Morgan fingerprint density at radius 3 is 2.65 bits per heavy atom. The van der Waals surface area contributed by atoms with E-state index >= 15 is 0 Å². The summed E-state index contributed by atoms with van der Waals surface area (Å²) in [5.74, 6) is 0.990. The summed E-state index contributed by atoms with van der Waals surface area (Å²) >= 11 is 1.52. The van der Waals surface area contributed by atoms with Crippen molar-refractivity contribution in [3.63, 3.8) is 0 Å². The van der Waals surface area contributed by atoms with Crippen molar-refractivity contribution in [1.82, 2.24) is 14.5 Å². The van der Waals surface area contributed by atoms with Crippen molar-refractivity contribution in [2.24, 2.45) is 5.92 Å². The summed E-state index contributed by atoms with van der Waals surface area (Å²) in [4.78, 5) is 32.5. The predicted octanol–water partition coefficient (Wildman–Crippen LogP) is 5.00. The van der Waals surface area contributed by atoms with Gasteiger partial charge in [0.25, 0.3) is 5.56 Å². The Morgan fingerprint density at radius 2 is 1.94 bits per heavy atom. The number of carbonyl (C=O) groups excluding carboxylic acids is 1. The molecule has 1 atom stereocenters. The molecule has 0 radical (unpaired) electrons. The van der Waals surface area contributed by atoms with Crippen LogP contribution in [0.1, 0.15) is 39.2 Å². The first kappa shape index (κ1) is 23.8. The molecule has 176 valence electrons. The lowest BCUT2D eigenvalue weighted by Gasteiger charge is -2.34. The van der Waals surface area contributed by atoms with Crippen LogP contribution in [0.2, 0.25) is 0 Å². The molecule has 8 heteroatoms. The first-order chi connectivity index (χ1) is 16.2. The Hall–Kier alpha value is -3.31. The summed E-state index contributed by atoms with van der Waals surface area (Å²) in [6, 6.07) is 16.4. The minimum atomic E-state index is -0.523. The lowest BCUT2D eigenvalue weighted by Crippen LogP contribution is -2.43. The van der Waals surface area contributed by atoms with Gasteiger partial charge in [-0.3, -0.25) is 9.36 Å². The molecule has 0 aliphatic carbocycles. The number of fused-ring (bicyclic) bond motifs is 1. The quantitative estimate of drug-likeness (QED) is 0.389. The zero-order valence-corrected chi connectivity index (χ0v) is 20.5. The molecule has 0 N–H and O–H groups in total. The molecule has 34 heavy (non-hydrogen) atoms. The van der Waals surface area contributed by atoms with E-state index < -0.39 is 5.60 Å². The van der Waals surface area contributed by atoms with Gasteiger partial charge in [-0.2, -0.15) is 5.26 Å². The van der Waals surface area contributed by atoms with E-state index in [-0.39, 0.29) is 17.6 Å². The second-order valence-electron chi connectivity index (χ2n) is 9.46. The highest BCUT2D eigenvalue weighted by Gasteiger charge is 2.28. The molecule has 1 amide bonds. The van der Waals surface area contributed by atoms with Gasteiger partial charge < -0.3 is 9.64 Å². The third kappa shape index (κ3) is 5.42. The topological polar surface area (TPSA) is 88.2 Å². The number of benzene rings is 2. The molecule has 3 aromatic rings. The molecule has 1 aliphatic rings. The molecule has 0 saturated carbocycles. The molecule has 1 aromatic heterocycles. The minimum Gasteiger partial charge on any atom is -0.444 e. The number of likely N-dealkylation sites (tertiary alicyclic amines) is 1. The summed E-state index contributed by atoms with van der Waals surface area (Å²) in [6.45, 7) is 6.93. The minimum absolute atomic E-state index is 0.142. The normalized spacial score (nSPS) is 16.3. The maximum Gasteiger partial charge on any atom is 0.410 e. The number of amides is 1. The van der Waals surface area contributed by atoms with E-state index in [2.05, 4.69) is 6.07 Å². The predicted molar refractivity (Wildman–Crippen MR) is 133 cm³/mol. The average molecular weight is 477 g/mol. The second-order valence-corrected chi connectivity index (χ2v) is 10.4.